The van der Waals surface area contributed by atoms with Gasteiger partial charge in [0.15, 0.2) is 0 Å². The molecule has 4 heteroatoms. The second-order valence-corrected chi connectivity index (χ2v) is 4.64. The van der Waals surface area contributed by atoms with E-state index in [1.165, 1.54) is 11.3 Å². The maximum Gasteiger partial charge on any atom is 0.344 e. The second kappa shape index (κ2) is 5.10. The van der Waals surface area contributed by atoms with Gasteiger partial charge in [0.1, 0.15) is 0 Å². The van der Waals surface area contributed by atoms with E-state index in [0.717, 1.165) is 17.1 Å². The summed E-state index contributed by atoms with van der Waals surface area (Å²) in [5.74, 6) is -0.333. The highest BCUT2D eigenvalue weighted by Crippen LogP contribution is 2.27. The van der Waals surface area contributed by atoms with Crippen LogP contribution in [0, 0.1) is 6.92 Å². The minimum absolute atomic E-state index is 0.333. The van der Waals surface area contributed by atoms with Crippen LogP contribution in [0.15, 0.2) is 30.3 Å². The molecule has 0 bridgehead atoms. The Hall–Kier alpha value is -1.68. The number of aryl methyl sites for hydroxylation is 2. The normalized spacial score (nSPS) is 10.2. The van der Waals surface area contributed by atoms with Crippen molar-refractivity contribution in [3.8, 4) is 5.06 Å². The number of ether oxygens (including phenoxy) is 1. The number of benzene rings is 1. The maximum absolute atomic E-state index is 11.8. The fourth-order valence-electron chi connectivity index (χ4n) is 1.40. The van der Waals surface area contributed by atoms with E-state index in [9.17, 15) is 4.79 Å². The minimum Gasteiger partial charge on any atom is -0.410 e. The average Bonchev–Trinajstić information content (AvgIpc) is 2.71. The number of esters is 1. The molecule has 0 atom stereocenters. The summed E-state index contributed by atoms with van der Waals surface area (Å²) in [5.41, 5.74) is 1.33. The molecule has 3 nitrogen and oxygen atoms in total. The molecule has 17 heavy (non-hydrogen) atoms. The highest BCUT2D eigenvalue weighted by atomic mass is 32.1. The highest BCUT2D eigenvalue weighted by molar-refractivity contribution is 7.13. The summed E-state index contributed by atoms with van der Waals surface area (Å²) in [5, 5.41) is 1.58. The Labute approximate surface area is 104 Å². The Bertz CT molecular complexity index is 519. The molecule has 0 aliphatic heterocycles. The van der Waals surface area contributed by atoms with Gasteiger partial charge in [0, 0.05) is 0 Å². The molecule has 1 aromatic carbocycles. The fourth-order valence-corrected chi connectivity index (χ4v) is 2.25. The van der Waals surface area contributed by atoms with Crippen LogP contribution in [0.1, 0.15) is 28.0 Å². The SMILES string of the molecule is CCc1nc(C)c(OC(=O)c2ccccc2)s1. The van der Waals surface area contributed by atoms with Crippen LogP contribution in [0.3, 0.4) is 0 Å². The maximum atomic E-state index is 11.8. The summed E-state index contributed by atoms with van der Waals surface area (Å²) >= 11 is 1.43. The molecule has 0 aliphatic carbocycles. The van der Waals surface area contributed by atoms with Gasteiger partial charge in [-0.1, -0.05) is 36.5 Å². The van der Waals surface area contributed by atoms with Crippen LogP contribution in [0.25, 0.3) is 0 Å². The zero-order valence-electron chi connectivity index (χ0n) is 9.77. The quantitative estimate of drug-likeness (QED) is 0.782. The van der Waals surface area contributed by atoms with Crippen LogP contribution in [0.5, 0.6) is 5.06 Å². The van der Waals surface area contributed by atoms with Crippen molar-refractivity contribution in [2.45, 2.75) is 20.3 Å². The highest BCUT2D eigenvalue weighted by Gasteiger charge is 2.13. The van der Waals surface area contributed by atoms with E-state index < -0.39 is 0 Å². The summed E-state index contributed by atoms with van der Waals surface area (Å²) in [6, 6.07) is 8.96. The van der Waals surface area contributed by atoms with Gasteiger partial charge >= 0.3 is 5.97 Å². The molecule has 0 aliphatic rings. The number of hydrogen-bond donors (Lipinski definition) is 0. The Morgan fingerprint density at radius 2 is 2.06 bits per heavy atom. The third-order valence-electron chi connectivity index (χ3n) is 2.30. The average molecular weight is 247 g/mol. The number of nitrogens with zero attached hydrogens (tertiary/aromatic N) is 1. The lowest BCUT2D eigenvalue weighted by molar-refractivity contribution is 0.0739. The molecule has 0 spiro atoms. The molecule has 0 N–H and O–H groups in total. The van der Waals surface area contributed by atoms with Crippen LogP contribution in [0.2, 0.25) is 0 Å². The van der Waals surface area contributed by atoms with Gasteiger partial charge in [-0.15, -0.1) is 0 Å². The molecule has 0 unspecified atom stereocenters. The first-order valence-electron chi connectivity index (χ1n) is 5.44. The van der Waals surface area contributed by atoms with Crippen LogP contribution in [-0.4, -0.2) is 11.0 Å². The topological polar surface area (TPSA) is 39.2 Å². The van der Waals surface area contributed by atoms with Gasteiger partial charge in [-0.3, -0.25) is 0 Å². The summed E-state index contributed by atoms with van der Waals surface area (Å²) in [4.78, 5) is 16.1. The van der Waals surface area contributed by atoms with E-state index in [1.54, 1.807) is 12.1 Å². The summed E-state index contributed by atoms with van der Waals surface area (Å²) < 4.78 is 5.33. The summed E-state index contributed by atoms with van der Waals surface area (Å²) in [7, 11) is 0. The lowest BCUT2D eigenvalue weighted by Gasteiger charge is -2.01. The monoisotopic (exact) mass is 247 g/mol. The van der Waals surface area contributed by atoms with Gasteiger partial charge in [-0.2, -0.15) is 0 Å². The molecular formula is C13H13NO2S. The first-order valence-corrected chi connectivity index (χ1v) is 6.26. The lowest BCUT2D eigenvalue weighted by Crippen LogP contribution is -2.07. The van der Waals surface area contributed by atoms with Crippen molar-refractivity contribution < 1.29 is 9.53 Å². The molecule has 0 fully saturated rings. The zero-order chi connectivity index (χ0) is 12.3. The van der Waals surface area contributed by atoms with Gasteiger partial charge in [-0.05, 0) is 25.5 Å². The lowest BCUT2D eigenvalue weighted by atomic mass is 10.2. The summed E-state index contributed by atoms with van der Waals surface area (Å²) in [6.07, 6.45) is 0.856. The zero-order valence-corrected chi connectivity index (χ0v) is 10.6. The van der Waals surface area contributed by atoms with Crippen molar-refractivity contribution in [1.82, 2.24) is 4.98 Å². The molecule has 88 valence electrons. The molecule has 0 amide bonds. The number of hydrogen-bond acceptors (Lipinski definition) is 4. The molecular weight excluding hydrogens is 234 g/mol. The van der Waals surface area contributed by atoms with Crippen molar-refractivity contribution in [2.24, 2.45) is 0 Å². The molecule has 0 saturated carbocycles. The molecule has 1 aromatic heterocycles. The fraction of sp³-hybridized carbons (Fsp3) is 0.231. The number of rotatable bonds is 3. The van der Waals surface area contributed by atoms with Crippen molar-refractivity contribution in [2.75, 3.05) is 0 Å². The number of carbonyl (C=O) groups excluding carboxylic acids is 1. The third kappa shape index (κ3) is 2.71. The van der Waals surface area contributed by atoms with Gasteiger partial charge in [-0.25, -0.2) is 9.78 Å². The standard InChI is InChI=1S/C13H13NO2S/c1-3-11-14-9(2)13(17-11)16-12(15)10-7-5-4-6-8-10/h4-8H,3H2,1-2H3. The predicted molar refractivity (Wildman–Crippen MR) is 67.6 cm³/mol. The van der Waals surface area contributed by atoms with Crippen molar-refractivity contribution in [1.29, 1.82) is 0 Å². The molecule has 0 radical (unpaired) electrons. The van der Waals surface area contributed by atoms with E-state index in [2.05, 4.69) is 4.98 Å². The Morgan fingerprint density at radius 1 is 1.35 bits per heavy atom. The van der Waals surface area contributed by atoms with E-state index >= 15 is 0 Å². The van der Waals surface area contributed by atoms with Crippen molar-refractivity contribution in [3.05, 3.63) is 46.6 Å². The largest absolute Gasteiger partial charge is 0.410 e. The molecule has 1 heterocycles. The van der Waals surface area contributed by atoms with Gasteiger partial charge in [0.25, 0.3) is 0 Å². The third-order valence-corrected chi connectivity index (χ3v) is 3.48. The van der Waals surface area contributed by atoms with E-state index in [-0.39, 0.29) is 5.97 Å². The van der Waals surface area contributed by atoms with Crippen LogP contribution in [0.4, 0.5) is 0 Å². The van der Waals surface area contributed by atoms with E-state index in [1.807, 2.05) is 32.0 Å². The first kappa shape index (κ1) is 11.8. The molecule has 2 rings (SSSR count). The van der Waals surface area contributed by atoms with Gasteiger partial charge in [0.05, 0.1) is 16.3 Å². The smallest absolute Gasteiger partial charge is 0.344 e. The first-order chi connectivity index (χ1) is 8.20. The number of aromatic nitrogens is 1. The van der Waals surface area contributed by atoms with Gasteiger partial charge < -0.3 is 4.74 Å². The van der Waals surface area contributed by atoms with E-state index in [4.69, 9.17) is 4.74 Å². The Balaban J connectivity index is 2.16. The van der Waals surface area contributed by atoms with Crippen molar-refractivity contribution in [3.63, 3.8) is 0 Å². The Kier molecular flexibility index (Phi) is 3.54. The Morgan fingerprint density at radius 3 is 2.65 bits per heavy atom. The predicted octanol–water partition coefficient (Wildman–Crippen LogP) is 3.23. The summed E-state index contributed by atoms with van der Waals surface area (Å²) in [6.45, 7) is 3.88. The van der Waals surface area contributed by atoms with Crippen molar-refractivity contribution >= 4 is 17.3 Å². The van der Waals surface area contributed by atoms with Crippen LogP contribution >= 0.6 is 11.3 Å². The number of carbonyl (C=O) groups is 1. The van der Waals surface area contributed by atoms with E-state index in [0.29, 0.717) is 10.6 Å². The van der Waals surface area contributed by atoms with Crippen LogP contribution < -0.4 is 4.74 Å². The number of thiazole rings is 1. The second-order valence-electron chi connectivity index (χ2n) is 3.59. The van der Waals surface area contributed by atoms with Crippen LogP contribution in [-0.2, 0) is 6.42 Å². The van der Waals surface area contributed by atoms with Gasteiger partial charge in [0.2, 0.25) is 5.06 Å². The molecule has 2 aromatic rings. The molecule has 0 saturated heterocycles. The minimum atomic E-state index is -0.333.